The second kappa shape index (κ2) is 9.16. The smallest absolute Gasteiger partial charge is 0.410 e. The predicted octanol–water partition coefficient (Wildman–Crippen LogP) is 4.56. The van der Waals surface area contributed by atoms with E-state index in [1.165, 1.54) is 19.3 Å². The number of nitrogens with zero attached hydrogens (tertiary/aromatic N) is 1. The van der Waals surface area contributed by atoms with Crippen molar-refractivity contribution in [3.05, 3.63) is 0 Å². The Labute approximate surface area is 135 Å². The minimum Gasteiger partial charge on any atom is -0.444 e. The molecule has 0 saturated carbocycles. The van der Waals surface area contributed by atoms with E-state index in [1.807, 2.05) is 20.8 Å². The molecule has 0 radical (unpaired) electrons. The maximum absolute atomic E-state index is 12.2. The largest absolute Gasteiger partial charge is 0.444 e. The Hall–Kier alpha value is -1.06. The third kappa shape index (κ3) is 7.28. The van der Waals surface area contributed by atoms with E-state index in [-0.39, 0.29) is 12.0 Å². The number of ketones is 1. The summed E-state index contributed by atoms with van der Waals surface area (Å²) in [4.78, 5) is 25.9. The molecule has 1 saturated heterocycles. The Kier molecular flexibility index (Phi) is 7.91. The molecule has 1 fully saturated rings. The fraction of sp³-hybridized carbons (Fsp3) is 0.889. The number of ether oxygens (including phenoxy) is 1. The van der Waals surface area contributed by atoms with Crippen LogP contribution in [0.2, 0.25) is 0 Å². The van der Waals surface area contributed by atoms with Gasteiger partial charge >= 0.3 is 6.09 Å². The van der Waals surface area contributed by atoms with Gasteiger partial charge in [-0.05, 0) is 40.0 Å². The lowest BCUT2D eigenvalue weighted by Crippen LogP contribution is -2.42. The van der Waals surface area contributed by atoms with Crippen LogP contribution in [0, 0.1) is 5.92 Å². The molecule has 0 unspecified atom stereocenters. The molecule has 0 N–H and O–H groups in total. The maximum atomic E-state index is 12.2. The van der Waals surface area contributed by atoms with Gasteiger partial charge in [-0.1, -0.05) is 32.6 Å². The molecule has 128 valence electrons. The third-order valence-electron chi connectivity index (χ3n) is 4.13. The van der Waals surface area contributed by atoms with Crippen molar-refractivity contribution >= 4 is 11.9 Å². The summed E-state index contributed by atoms with van der Waals surface area (Å²) in [6.07, 6.45) is 7.95. The molecule has 4 nitrogen and oxygen atoms in total. The monoisotopic (exact) mass is 311 g/mol. The highest BCUT2D eigenvalue weighted by Gasteiger charge is 2.29. The minimum atomic E-state index is -0.456. The van der Waals surface area contributed by atoms with Gasteiger partial charge in [-0.2, -0.15) is 0 Å². The first-order chi connectivity index (χ1) is 10.3. The van der Waals surface area contributed by atoms with E-state index >= 15 is 0 Å². The Balaban J connectivity index is 2.24. The number of unbranched alkanes of at least 4 members (excludes halogenated alkanes) is 4. The van der Waals surface area contributed by atoms with Gasteiger partial charge in [0.15, 0.2) is 0 Å². The second-order valence-corrected chi connectivity index (χ2v) is 7.37. The number of carbonyl (C=O) groups excluding carboxylic acids is 2. The highest BCUT2D eigenvalue weighted by Crippen LogP contribution is 2.22. The first-order valence-electron chi connectivity index (χ1n) is 8.84. The summed E-state index contributed by atoms with van der Waals surface area (Å²) in [6.45, 7) is 9.10. The van der Waals surface area contributed by atoms with E-state index in [0.29, 0.717) is 25.3 Å². The van der Waals surface area contributed by atoms with Crippen LogP contribution in [0.15, 0.2) is 0 Å². The summed E-state index contributed by atoms with van der Waals surface area (Å²) in [7, 11) is 0. The van der Waals surface area contributed by atoms with Crippen molar-refractivity contribution in [3.8, 4) is 0 Å². The first-order valence-corrected chi connectivity index (χ1v) is 8.84. The topological polar surface area (TPSA) is 46.6 Å². The number of hydrogen-bond acceptors (Lipinski definition) is 3. The van der Waals surface area contributed by atoms with Gasteiger partial charge in [0.25, 0.3) is 0 Å². The van der Waals surface area contributed by atoms with Gasteiger partial charge in [-0.3, -0.25) is 4.79 Å². The van der Waals surface area contributed by atoms with E-state index in [4.69, 9.17) is 4.74 Å². The molecule has 0 aromatic heterocycles. The number of carbonyl (C=O) groups is 2. The third-order valence-corrected chi connectivity index (χ3v) is 4.13. The van der Waals surface area contributed by atoms with Crippen molar-refractivity contribution in [3.63, 3.8) is 0 Å². The van der Waals surface area contributed by atoms with Gasteiger partial charge in [-0.25, -0.2) is 4.79 Å². The van der Waals surface area contributed by atoms with Crippen molar-refractivity contribution in [1.82, 2.24) is 4.90 Å². The first kappa shape index (κ1) is 19.0. The number of Topliss-reactive ketones (excluding diaryl/α,β-unsaturated/α-hetero) is 1. The predicted molar refractivity (Wildman–Crippen MR) is 88.9 cm³/mol. The number of amides is 1. The van der Waals surface area contributed by atoms with Gasteiger partial charge in [0.2, 0.25) is 0 Å². The highest BCUT2D eigenvalue weighted by molar-refractivity contribution is 5.81. The highest BCUT2D eigenvalue weighted by atomic mass is 16.6. The average molecular weight is 311 g/mol. The molecule has 0 aliphatic carbocycles. The van der Waals surface area contributed by atoms with Crippen molar-refractivity contribution in [2.24, 2.45) is 5.92 Å². The van der Waals surface area contributed by atoms with E-state index < -0.39 is 5.60 Å². The molecule has 1 aliphatic rings. The van der Waals surface area contributed by atoms with Crippen LogP contribution in [0.25, 0.3) is 0 Å². The van der Waals surface area contributed by atoms with Crippen LogP contribution >= 0.6 is 0 Å². The van der Waals surface area contributed by atoms with E-state index in [0.717, 1.165) is 25.7 Å². The zero-order valence-corrected chi connectivity index (χ0v) is 14.8. The summed E-state index contributed by atoms with van der Waals surface area (Å²) >= 11 is 0. The van der Waals surface area contributed by atoms with Crippen LogP contribution in [-0.2, 0) is 9.53 Å². The number of piperidine rings is 1. The lowest BCUT2D eigenvalue weighted by molar-refractivity contribution is -0.124. The Morgan fingerprint density at radius 3 is 2.18 bits per heavy atom. The van der Waals surface area contributed by atoms with Crippen LogP contribution in [0.4, 0.5) is 4.79 Å². The summed E-state index contributed by atoms with van der Waals surface area (Å²) in [5, 5.41) is 0. The second-order valence-electron chi connectivity index (χ2n) is 7.37. The Morgan fingerprint density at radius 2 is 1.64 bits per heavy atom. The van der Waals surface area contributed by atoms with Crippen LogP contribution in [0.5, 0.6) is 0 Å². The average Bonchev–Trinajstić information content (AvgIpc) is 2.45. The van der Waals surface area contributed by atoms with Gasteiger partial charge in [0.05, 0.1) is 0 Å². The molecule has 0 bridgehead atoms. The summed E-state index contributed by atoms with van der Waals surface area (Å²) < 4.78 is 5.38. The molecule has 1 aliphatic heterocycles. The molecule has 0 atom stereocenters. The fourth-order valence-electron chi connectivity index (χ4n) is 2.82. The van der Waals surface area contributed by atoms with Gasteiger partial charge in [0.1, 0.15) is 11.4 Å². The Morgan fingerprint density at radius 1 is 1.05 bits per heavy atom. The SMILES string of the molecule is CCCCCCCC(=O)C1CCN(C(=O)OC(C)(C)C)CC1. The van der Waals surface area contributed by atoms with Crippen LogP contribution in [0.1, 0.15) is 79.1 Å². The quantitative estimate of drug-likeness (QED) is 0.647. The van der Waals surface area contributed by atoms with Gasteiger partial charge < -0.3 is 9.64 Å². The molecule has 0 aromatic carbocycles. The molecule has 1 heterocycles. The number of hydrogen-bond donors (Lipinski definition) is 0. The summed E-state index contributed by atoms with van der Waals surface area (Å²) in [6, 6.07) is 0. The maximum Gasteiger partial charge on any atom is 0.410 e. The van der Waals surface area contributed by atoms with Crippen LogP contribution in [-0.4, -0.2) is 35.5 Å². The number of rotatable bonds is 7. The number of likely N-dealkylation sites (tertiary alicyclic amines) is 1. The standard InChI is InChI=1S/C18H33NO3/c1-5-6-7-8-9-10-16(20)15-11-13-19(14-12-15)17(21)22-18(2,3)4/h15H,5-14H2,1-4H3. The molecule has 4 heteroatoms. The molecule has 0 spiro atoms. The zero-order chi connectivity index (χ0) is 16.6. The molecule has 1 amide bonds. The molecular weight excluding hydrogens is 278 g/mol. The Bertz CT molecular complexity index is 352. The molecule has 1 rings (SSSR count). The summed E-state index contributed by atoms with van der Waals surface area (Å²) in [5.74, 6) is 0.533. The van der Waals surface area contributed by atoms with Gasteiger partial charge in [0, 0.05) is 25.4 Å². The van der Waals surface area contributed by atoms with Gasteiger partial charge in [-0.15, -0.1) is 0 Å². The minimum absolute atomic E-state index is 0.143. The lowest BCUT2D eigenvalue weighted by atomic mass is 9.90. The molecule has 22 heavy (non-hydrogen) atoms. The summed E-state index contributed by atoms with van der Waals surface area (Å²) in [5.41, 5.74) is -0.456. The van der Waals surface area contributed by atoms with E-state index in [1.54, 1.807) is 4.90 Å². The van der Waals surface area contributed by atoms with Crippen molar-refractivity contribution in [2.75, 3.05) is 13.1 Å². The molecular formula is C18H33NO3. The van der Waals surface area contributed by atoms with E-state index in [2.05, 4.69) is 6.92 Å². The van der Waals surface area contributed by atoms with Crippen molar-refractivity contribution in [2.45, 2.75) is 84.7 Å². The normalized spacial score (nSPS) is 16.6. The van der Waals surface area contributed by atoms with Crippen LogP contribution < -0.4 is 0 Å². The van der Waals surface area contributed by atoms with Crippen LogP contribution in [0.3, 0.4) is 0 Å². The van der Waals surface area contributed by atoms with E-state index in [9.17, 15) is 9.59 Å². The zero-order valence-electron chi connectivity index (χ0n) is 14.8. The van der Waals surface area contributed by atoms with Crippen molar-refractivity contribution in [1.29, 1.82) is 0 Å². The lowest BCUT2D eigenvalue weighted by Gasteiger charge is -2.33. The molecule has 0 aromatic rings. The fourth-order valence-corrected chi connectivity index (χ4v) is 2.82. The van der Waals surface area contributed by atoms with Crippen molar-refractivity contribution < 1.29 is 14.3 Å².